The summed E-state index contributed by atoms with van der Waals surface area (Å²) < 4.78 is 0. The minimum atomic E-state index is 0.139. The van der Waals surface area contributed by atoms with Crippen LogP contribution in [0, 0.1) is 11.8 Å². The predicted octanol–water partition coefficient (Wildman–Crippen LogP) is 4.35. The number of phenols is 1. The molecule has 1 aromatic carbocycles. The van der Waals surface area contributed by atoms with Crippen molar-refractivity contribution in [3.63, 3.8) is 0 Å². The van der Waals surface area contributed by atoms with E-state index in [9.17, 15) is 9.90 Å². The molecule has 0 amide bonds. The van der Waals surface area contributed by atoms with Crippen molar-refractivity contribution in [2.24, 2.45) is 11.8 Å². The molecule has 0 spiro atoms. The van der Waals surface area contributed by atoms with E-state index in [2.05, 4.69) is 13.8 Å². The molecule has 1 aliphatic carbocycles. The second-order valence-corrected chi connectivity index (χ2v) is 5.79. The van der Waals surface area contributed by atoms with Gasteiger partial charge >= 0.3 is 0 Å². The molecule has 2 rings (SSSR count). The number of carbonyl (C=O) groups is 1. The maximum absolute atomic E-state index is 12.4. The van der Waals surface area contributed by atoms with Crippen LogP contribution in [0.1, 0.15) is 61.9 Å². The van der Waals surface area contributed by atoms with Gasteiger partial charge in [0.1, 0.15) is 5.75 Å². The van der Waals surface area contributed by atoms with E-state index >= 15 is 0 Å². The van der Waals surface area contributed by atoms with Crippen LogP contribution in [0.2, 0.25) is 0 Å². The van der Waals surface area contributed by atoms with Crippen LogP contribution < -0.4 is 0 Å². The number of ketones is 1. The van der Waals surface area contributed by atoms with Gasteiger partial charge in [0.2, 0.25) is 0 Å². The minimum Gasteiger partial charge on any atom is -0.508 e. The fourth-order valence-electron chi connectivity index (χ4n) is 3.34. The van der Waals surface area contributed by atoms with Crippen LogP contribution in [-0.2, 0) is 6.42 Å². The molecule has 1 aliphatic rings. The number of rotatable bonds is 6. The van der Waals surface area contributed by atoms with E-state index in [4.69, 9.17) is 0 Å². The van der Waals surface area contributed by atoms with E-state index in [1.165, 1.54) is 25.7 Å². The highest BCUT2D eigenvalue weighted by Gasteiger charge is 2.32. The fraction of sp³-hybridized carbons (Fsp3) is 0.588. The van der Waals surface area contributed by atoms with Gasteiger partial charge < -0.3 is 5.11 Å². The molecule has 2 heteroatoms. The van der Waals surface area contributed by atoms with Crippen LogP contribution in [0.15, 0.2) is 18.2 Å². The molecule has 0 radical (unpaired) electrons. The molecule has 0 saturated heterocycles. The molecule has 1 atom stereocenters. The Morgan fingerprint density at radius 1 is 1.26 bits per heavy atom. The van der Waals surface area contributed by atoms with Gasteiger partial charge in [-0.1, -0.05) is 45.6 Å². The quantitative estimate of drug-likeness (QED) is 0.825. The molecule has 19 heavy (non-hydrogen) atoms. The molecule has 1 unspecified atom stereocenters. The van der Waals surface area contributed by atoms with Crippen molar-refractivity contribution in [3.8, 4) is 5.75 Å². The van der Waals surface area contributed by atoms with Gasteiger partial charge in [-0.2, -0.15) is 0 Å². The Kier molecular flexibility index (Phi) is 4.62. The van der Waals surface area contributed by atoms with Crippen LogP contribution in [0.25, 0.3) is 0 Å². The first-order chi connectivity index (χ1) is 9.15. The van der Waals surface area contributed by atoms with Crippen molar-refractivity contribution in [2.75, 3.05) is 0 Å². The average Bonchev–Trinajstić information content (AvgIpc) is 2.67. The van der Waals surface area contributed by atoms with Gasteiger partial charge in [0.05, 0.1) is 0 Å². The van der Waals surface area contributed by atoms with E-state index in [-0.39, 0.29) is 17.5 Å². The third-order valence-electron chi connectivity index (χ3n) is 4.21. The first-order valence-electron chi connectivity index (χ1n) is 7.51. The molecule has 1 N–H and O–H groups in total. The minimum absolute atomic E-state index is 0.139. The van der Waals surface area contributed by atoms with Gasteiger partial charge in [0, 0.05) is 11.5 Å². The Morgan fingerprint density at radius 3 is 2.58 bits per heavy atom. The zero-order valence-corrected chi connectivity index (χ0v) is 12.0. The molecule has 2 nitrogen and oxygen atoms in total. The summed E-state index contributed by atoms with van der Waals surface area (Å²) in [6.07, 6.45) is 6.70. The average molecular weight is 260 g/mol. The zero-order chi connectivity index (χ0) is 13.8. The first kappa shape index (κ1) is 14.1. The number of aromatic hydroxyl groups is 1. The number of benzene rings is 1. The van der Waals surface area contributed by atoms with Crippen molar-refractivity contribution < 1.29 is 9.90 Å². The van der Waals surface area contributed by atoms with E-state index < -0.39 is 0 Å². The second kappa shape index (κ2) is 6.23. The maximum Gasteiger partial charge on any atom is 0.166 e. The summed E-state index contributed by atoms with van der Waals surface area (Å²) in [4.78, 5) is 12.4. The summed E-state index contributed by atoms with van der Waals surface area (Å²) in [6.45, 7) is 4.43. The van der Waals surface area contributed by atoms with Crippen molar-refractivity contribution in [2.45, 2.75) is 52.4 Å². The van der Waals surface area contributed by atoms with Gasteiger partial charge in [-0.05, 0) is 36.5 Å². The number of hydrogen-bond donors (Lipinski definition) is 1. The smallest absolute Gasteiger partial charge is 0.166 e. The summed E-state index contributed by atoms with van der Waals surface area (Å²) in [5.41, 5.74) is 1.86. The normalized spacial score (nSPS) is 18.1. The van der Waals surface area contributed by atoms with E-state index in [0.717, 1.165) is 24.0 Å². The van der Waals surface area contributed by atoms with Gasteiger partial charge in [-0.3, -0.25) is 4.79 Å². The predicted molar refractivity (Wildman–Crippen MR) is 77.6 cm³/mol. The molecular weight excluding hydrogens is 236 g/mol. The highest BCUT2D eigenvalue weighted by atomic mass is 16.3. The Bertz CT molecular complexity index is 445. The molecule has 0 aromatic heterocycles. The largest absolute Gasteiger partial charge is 0.508 e. The lowest BCUT2D eigenvalue weighted by atomic mass is 9.86. The number of fused-ring (bicyclic) bond motifs is 1. The third-order valence-corrected chi connectivity index (χ3v) is 4.21. The van der Waals surface area contributed by atoms with Crippen LogP contribution >= 0.6 is 0 Å². The summed E-state index contributed by atoms with van der Waals surface area (Å²) in [5, 5.41) is 9.50. The van der Waals surface area contributed by atoms with Crippen molar-refractivity contribution in [1.82, 2.24) is 0 Å². The van der Waals surface area contributed by atoms with E-state index in [0.29, 0.717) is 5.92 Å². The third kappa shape index (κ3) is 3.17. The van der Waals surface area contributed by atoms with Crippen LogP contribution in [0.4, 0.5) is 0 Å². The van der Waals surface area contributed by atoms with Gasteiger partial charge in [-0.25, -0.2) is 0 Å². The van der Waals surface area contributed by atoms with Crippen LogP contribution in [0.5, 0.6) is 5.75 Å². The molecule has 0 heterocycles. The molecule has 0 saturated carbocycles. The first-order valence-corrected chi connectivity index (χ1v) is 7.51. The summed E-state index contributed by atoms with van der Waals surface area (Å²) in [6, 6.07) is 5.22. The van der Waals surface area contributed by atoms with E-state index in [1.807, 2.05) is 6.07 Å². The SMILES string of the molecule is CCCC(CCC)CC1Cc2ccc(O)cc2C1=O. The molecule has 0 bridgehead atoms. The number of phenolic OH excluding ortho intramolecular Hbond substituents is 1. The Labute approximate surface area is 115 Å². The Morgan fingerprint density at radius 2 is 1.95 bits per heavy atom. The van der Waals surface area contributed by atoms with Crippen molar-refractivity contribution >= 4 is 5.78 Å². The topological polar surface area (TPSA) is 37.3 Å². The summed E-state index contributed by atoms with van der Waals surface area (Å²) in [5.74, 6) is 1.25. The highest BCUT2D eigenvalue weighted by Crippen LogP contribution is 2.34. The highest BCUT2D eigenvalue weighted by molar-refractivity contribution is 6.02. The molecule has 104 valence electrons. The van der Waals surface area contributed by atoms with E-state index in [1.54, 1.807) is 12.1 Å². The molecule has 0 aliphatic heterocycles. The standard InChI is InChI=1S/C17H24O2/c1-3-5-12(6-4-2)9-14-10-13-7-8-15(18)11-16(13)17(14)19/h7-8,11-12,14,18H,3-6,9-10H2,1-2H3. The zero-order valence-electron chi connectivity index (χ0n) is 12.0. The number of Topliss-reactive ketones (excluding diaryl/α,β-unsaturated/α-hetero) is 1. The van der Waals surface area contributed by atoms with Crippen molar-refractivity contribution in [1.29, 1.82) is 0 Å². The van der Waals surface area contributed by atoms with Crippen molar-refractivity contribution in [3.05, 3.63) is 29.3 Å². The Balaban J connectivity index is 2.06. The molecule has 1 aromatic rings. The monoisotopic (exact) mass is 260 g/mol. The maximum atomic E-state index is 12.4. The second-order valence-electron chi connectivity index (χ2n) is 5.79. The number of carbonyl (C=O) groups excluding carboxylic acids is 1. The lowest BCUT2D eigenvalue weighted by Gasteiger charge is -2.18. The summed E-state index contributed by atoms with van der Waals surface area (Å²) in [7, 11) is 0. The molecule has 0 fully saturated rings. The van der Waals surface area contributed by atoms with Gasteiger partial charge in [0.15, 0.2) is 5.78 Å². The number of hydrogen-bond acceptors (Lipinski definition) is 2. The Hall–Kier alpha value is -1.31. The van der Waals surface area contributed by atoms with Crippen LogP contribution in [-0.4, -0.2) is 10.9 Å². The van der Waals surface area contributed by atoms with Gasteiger partial charge in [-0.15, -0.1) is 0 Å². The molecular formula is C17H24O2. The van der Waals surface area contributed by atoms with Crippen LogP contribution in [0.3, 0.4) is 0 Å². The fourth-order valence-corrected chi connectivity index (χ4v) is 3.34. The van der Waals surface area contributed by atoms with Gasteiger partial charge in [0.25, 0.3) is 0 Å². The summed E-state index contributed by atoms with van der Waals surface area (Å²) >= 11 is 0. The lowest BCUT2D eigenvalue weighted by molar-refractivity contribution is 0.0915. The lowest BCUT2D eigenvalue weighted by Crippen LogP contribution is -2.14.